The van der Waals surface area contributed by atoms with E-state index in [1.54, 1.807) is 24.3 Å². The van der Waals surface area contributed by atoms with Crippen molar-refractivity contribution in [2.75, 3.05) is 0 Å². The molecule has 3 rings (SSSR count). The van der Waals surface area contributed by atoms with E-state index in [0.29, 0.717) is 16.1 Å². The second-order valence-electron chi connectivity index (χ2n) is 5.68. The minimum absolute atomic E-state index is 0.0291. The molecular weight excluding hydrogens is 463 g/mol. The predicted molar refractivity (Wildman–Crippen MR) is 111 cm³/mol. The molecule has 0 aliphatic heterocycles. The van der Waals surface area contributed by atoms with E-state index in [-0.39, 0.29) is 15.4 Å². The van der Waals surface area contributed by atoms with Gasteiger partial charge in [0.15, 0.2) is 5.78 Å². The third-order valence-corrected chi connectivity index (χ3v) is 7.01. The van der Waals surface area contributed by atoms with Gasteiger partial charge in [-0.3, -0.25) is 4.79 Å². The first kappa shape index (κ1) is 18.4. The number of hydrogen-bond donors (Lipinski definition) is 0. The molecule has 0 radical (unpaired) electrons. The number of alkyl halides is 2. The summed E-state index contributed by atoms with van der Waals surface area (Å²) in [6, 6.07) is 24.9. The highest BCUT2D eigenvalue weighted by molar-refractivity contribution is 9.12. The first-order chi connectivity index (χ1) is 12.1. The van der Waals surface area contributed by atoms with Gasteiger partial charge in [0.25, 0.3) is 0 Å². The number of ketones is 1. The van der Waals surface area contributed by atoms with Crippen LogP contribution in [0.2, 0.25) is 5.02 Å². The Kier molecular flexibility index (Phi) is 6.10. The van der Waals surface area contributed by atoms with Crippen LogP contribution in [0.4, 0.5) is 0 Å². The van der Waals surface area contributed by atoms with Crippen LogP contribution in [-0.2, 0) is 0 Å². The molecule has 0 N–H and O–H groups in total. The van der Waals surface area contributed by atoms with Crippen molar-refractivity contribution in [3.8, 4) is 0 Å². The third-order valence-electron chi connectivity index (χ3n) is 3.95. The fourth-order valence-corrected chi connectivity index (χ4v) is 4.00. The molecule has 1 nitrogen and oxygen atoms in total. The number of halogens is 3. The van der Waals surface area contributed by atoms with E-state index in [0.717, 1.165) is 5.56 Å². The van der Waals surface area contributed by atoms with E-state index in [2.05, 4.69) is 44.0 Å². The zero-order chi connectivity index (χ0) is 17.8. The molecule has 0 unspecified atom stereocenters. The average Bonchev–Trinajstić information content (AvgIpc) is 2.67. The van der Waals surface area contributed by atoms with Gasteiger partial charge in [0.2, 0.25) is 0 Å². The van der Waals surface area contributed by atoms with Crippen LogP contribution in [0.3, 0.4) is 0 Å². The molecule has 0 aromatic heterocycles. The molecule has 25 heavy (non-hydrogen) atoms. The maximum Gasteiger partial charge on any atom is 0.193 e. The van der Waals surface area contributed by atoms with Gasteiger partial charge < -0.3 is 0 Å². The highest BCUT2D eigenvalue weighted by atomic mass is 79.9. The van der Waals surface area contributed by atoms with Crippen LogP contribution in [0.15, 0.2) is 78.9 Å². The quantitative estimate of drug-likeness (QED) is 0.281. The number of hydrogen-bond acceptors (Lipinski definition) is 1. The molecule has 0 saturated heterocycles. The Bertz CT molecular complexity index is 863. The molecule has 0 spiro atoms. The molecule has 0 heterocycles. The highest BCUT2D eigenvalue weighted by Crippen LogP contribution is 2.42. The summed E-state index contributed by atoms with van der Waals surface area (Å²) in [5.41, 5.74) is 3.55. The zero-order valence-electron chi connectivity index (χ0n) is 13.2. The normalized spacial score (nSPS) is 13.2. The maximum absolute atomic E-state index is 12.6. The van der Waals surface area contributed by atoms with Crippen LogP contribution in [0, 0.1) is 0 Å². The number of carbonyl (C=O) groups excluding carboxylic acids is 1. The molecule has 0 amide bonds. The fourth-order valence-electron chi connectivity index (χ4n) is 2.59. The van der Waals surface area contributed by atoms with E-state index in [1.165, 1.54) is 5.56 Å². The summed E-state index contributed by atoms with van der Waals surface area (Å²) in [5.74, 6) is -0.0291. The standard InChI is InChI=1S/C21H15Br2ClO/c22-19(14-5-2-1-3-6-14)20(23)15-9-11-16(12-10-15)21(25)17-7-4-8-18(24)13-17/h1-13,19-20H/t19-,20+/m0/s1. The molecule has 2 atom stereocenters. The van der Waals surface area contributed by atoms with Gasteiger partial charge in [-0.05, 0) is 23.3 Å². The van der Waals surface area contributed by atoms with Crippen molar-refractivity contribution < 1.29 is 4.79 Å². The SMILES string of the molecule is O=C(c1ccc([C@@H](Br)[C@@H](Br)c2ccccc2)cc1)c1cccc(Cl)c1. The van der Waals surface area contributed by atoms with E-state index in [4.69, 9.17) is 11.6 Å². The summed E-state index contributed by atoms with van der Waals surface area (Å²) in [6.07, 6.45) is 0. The lowest BCUT2D eigenvalue weighted by atomic mass is 9.99. The van der Waals surface area contributed by atoms with Gasteiger partial charge in [-0.1, -0.05) is 110 Å². The second-order valence-corrected chi connectivity index (χ2v) is 8.09. The van der Waals surface area contributed by atoms with Gasteiger partial charge in [-0.2, -0.15) is 0 Å². The third kappa shape index (κ3) is 4.41. The smallest absolute Gasteiger partial charge is 0.193 e. The molecule has 0 fully saturated rings. The van der Waals surface area contributed by atoms with Crippen LogP contribution in [0.25, 0.3) is 0 Å². The van der Waals surface area contributed by atoms with E-state index in [9.17, 15) is 4.79 Å². The Morgan fingerprint density at radius 2 is 1.32 bits per heavy atom. The molecule has 0 aliphatic carbocycles. The molecule has 126 valence electrons. The van der Waals surface area contributed by atoms with Crippen LogP contribution in [0.5, 0.6) is 0 Å². The van der Waals surface area contributed by atoms with Crippen LogP contribution in [-0.4, -0.2) is 5.78 Å². The average molecular weight is 479 g/mol. The maximum atomic E-state index is 12.6. The lowest BCUT2D eigenvalue weighted by molar-refractivity contribution is 0.103. The summed E-state index contributed by atoms with van der Waals surface area (Å²) in [5, 5.41) is 0.563. The fraction of sp³-hybridized carbons (Fsp3) is 0.0952. The summed E-state index contributed by atoms with van der Waals surface area (Å²) >= 11 is 13.5. The Morgan fingerprint density at radius 3 is 1.92 bits per heavy atom. The van der Waals surface area contributed by atoms with Gasteiger partial charge in [-0.15, -0.1) is 0 Å². The highest BCUT2D eigenvalue weighted by Gasteiger charge is 2.20. The second kappa shape index (κ2) is 8.31. The topological polar surface area (TPSA) is 17.1 Å². The molecule has 3 aromatic carbocycles. The van der Waals surface area contributed by atoms with Crippen molar-refractivity contribution in [3.63, 3.8) is 0 Å². The van der Waals surface area contributed by atoms with Crippen molar-refractivity contribution in [2.45, 2.75) is 9.65 Å². The zero-order valence-corrected chi connectivity index (χ0v) is 17.1. The Morgan fingerprint density at radius 1 is 0.720 bits per heavy atom. The molecular formula is C21H15Br2ClO. The Hall–Kier alpha value is -1.42. The summed E-state index contributed by atoms with van der Waals surface area (Å²) in [7, 11) is 0. The number of carbonyl (C=O) groups is 1. The van der Waals surface area contributed by atoms with Gasteiger partial charge in [0.1, 0.15) is 0 Å². The minimum Gasteiger partial charge on any atom is -0.289 e. The summed E-state index contributed by atoms with van der Waals surface area (Å²) in [4.78, 5) is 12.8. The summed E-state index contributed by atoms with van der Waals surface area (Å²) in [6.45, 7) is 0. The summed E-state index contributed by atoms with van der Waals surface area (Å²) < 4.78 is 0. The first-order valence-corrected chi connectivity index (χ1v) is 10.0. The van der Waals surface area contributed by atoms with Crippen LogP contribution < -0.4 is 0 Å². The van der Waals surface area contributed by atoms with E-state index in [1.807, 2.05) is 42.5 Å². The van der Waals surface area contributed by atoms with Crippen LogP contribution >= 0.6 is 43.5 Å². The molecule has 4 heteroatoms. The van der Waals surface area contributed by atoms with Crippen molar-refractivity contribution in [1.29, 1.82) is 0 Å². The number of benzene rings is 3. The van der Waals surface area contributed by atoms with E-state index >= 15 is 0 Å². The largest absolute Gasteiger partial charge is 0.289 e. The number of rotatable bonds is 5. The Balaban J connectivity index is 1.79. The lowest BCUT2D eigenvalue weighted by Crippen LogP contribution is -2.03. The van der Waals surface area contributed by atoms with Crippen molar-refractivity contribution in [3.05, 3.63) is 106 Å². The van der Waals surface area contributed by atoms with Gasteiger partial charge >= 0.3 is 0 Å². The monoisotopic (exact) mass is 476 g/mol. The molecule has 0 saturated carbocycles. The Labute approximate surface area is 169 Å². The first-order valence-electron chi connectivity index (χ1n) is 7.79. The van der Waals surface area contributed by atoms with E-state index < -0.39 is 0 Å². The molecule has 3 aromatic rings. The minimum atomic E-state index is -0.0291. The van der Waals surface area contributed by atoms with Gasteiger partial charge in [0.05, 0.1) is 9.65 Å². The van der Waals surface area contributed by atoms with Crippen LogP contribution in [0.1, 0.15) is 36.7 Å². The van der Waals surface area contributed by atoms with Gasteiger partial charge in [-0.25, -0.2) is 0 Å². The van der Waals surface area contributed by atoms with Crippen molar-refractivity contribution in [2.24, 2.45) is 0 Å². The molecule has 0 aliphatic rings. The predicted octanol–water partition coefficient (Wildman–Crippen LogP) is 7.14. The van der Waals surface area contributed by atoms with Crippen molar-refractivity contribution >= 4 is 49.2 Å². The van der Waals surface area contributed by atoms with Gasteiger partial charge in [0, 0.05) is 16.1 Å². The molecule has 0 bridgehead atoms. The van der Waals surface area contributed by atoms with Crippen molar-refractivity contribution in [1.82, 2.24) is 0 Å². The lowest BCUT2D eigenvalue weighted by Gasteiger charge is -2.18.